The fourth-order valence-electron chi connectivity index (χ4n) is 2.99. The van der Waals surface area contributed by atoms with Crippen molar-refractivity contribution in [1.29, 1.82) is 0 Å². The van der Waals surface area contributed by atoms with Crippen molar-refractivity contribution in [2.75, 3.05) is 11.1 Å². The highest BCUT2D eigenvalue weighted by Gasteiger charge is 2.18. The average molecular weight is 401 g/mol. The van der Waals surface area contributed by atoms with Gasteiger partial charge in [-0.3, -0.25) is 4.79 Å². The van der Waals surface area contributed by atoms with E-state index in [1.54, 1.807) is 0 Å². The first-order chi connectivity index (χ1) is 14.2. The number of aromatic nitrogens is 1. The minimum atomic E-state index is -0.0960. The van der Waals surface area contributed by atoms with Crippen molar-refractivity contribution in [1.82, 2.24) is 4.98 Å². The van der Waals surface area contributed by atoms with Gasteiger partial charge >= 0.3 is 0 Å². The lowest BCUT2D eigenvalue weighted by molar-refractivity contribution is -0.113. The van der Waals surface area contributed by atoms with E-state index in [1.165, 1.54) is 11.8 Å². The van der Waals surface area contributed by atoms with Crippen molar-refractivity contribution in [3.05, 3.63) is 90.5 Å². The maximum Gasteiger partial charge on any atom is 0.257 e. The van der Waals surface area contributed by atoms with Gasteiger partial charge in [0, 0.05) is 16.8 Å². The van der Waals surface area contributed by atoms with Gasteiger partial charge in [-0.2, -0.15) is 0 Å². The van der Waals surface area contributed by atoms with E-state index in [-0.39, 0.29) is 11.7 Å². The topological polar surface area (TPSA) is 55.1 Å². The second-order valence-electron chi connectivity index (χ2n) is 6.60. The third-order valence-electron chi connectivity index (χ3n) is 4.32. The lowest BCUT2D eigenvalue weighted by atomic mass is 10.1. The summed E-state index contributed by atoms with van der Waals surface area (Å²) in [7, 11) is 0. The van der Waals surface area contributed by atoms with Gasteiger partial charge in [0.25, 0.3) is 5.22 Å². The van der Waals surface area contributed by atoms with Crippen molar-refractivity contribution in [3.63, 3.8) is 0 Å². The Bertz CT molecular complexity index is 1050. The Kier molecular flexibility index (Phi) is 5.77. The van der Waals surface area contributed by atoms with Crippen LogP contribution in [0.25, 0.3) is 22.6 Å². The van der Waals surface area contributed by atoms with Crippen LogP contribution < -0.4 is 5.32 Å². The summed E-state index contributed by atoms with van der Waals surface area (Å²) in [6, 6.07) is 27.5. The smallest absolute Gasteiger partial charge is 0.257 e. The number of carbonyl (C=O) groups is 1. The molecule has 4 nitrogen and oxygen atoms in total. The molecule has 1 amide bonds. The highest BCUT2D eigenvalue weighted by molar-refractivity contribution is 7.99. The van der Waals surface area contributed by atoms with Crippen molar-refractivity contribution in [2.24, 2.45) is 0 Å². The Morgan fingerprint density at radius 3 is 2.31 bits per heavy atom. The predicted molar refractivity (Wildman–Crippen MR) is 118 cm³/mol. The third kappa shape index (κ3) is 4.76. The number of rotatable bonds is 6. The molecule has 0 aliphatic heterocycles. The summed E-state index contributed by atoms with van der Waals surface area (Å²) < 4.78 is 6.05. The molecule has 1 aromatic heterocycles. The monoisotopic (exact) mass is 400 g/mol. The molecule has 0 saturated heterocycles. The van der Waals surface area contributed by atoms with E-state index >= 15 is 0 Å². The van der Waals surface area contributed by atoms with Gasteiger partial charge in [0.2, 0.25) is 5.91 Å². The van der Waals surface area contributed by atoms with E-state index in [0.29, 0.717) is 11.0 Å². The quantitative estimate of drug-likeness (QED) is 0.400. The molecule has 0 radical (unpaired) electrons. The zero-order valence-electron chi connectivity index (χ0n) is 16.0. The lowest BCUT2D eigenvalue weighted by Gasteiger charge is -2.04. The molecule has 3 aromatic carbocycles. The second-order valence-corrected chi connectivity index (χ2v) is 7.52. The number of thioether (sulfide) groups is 1. The van der Waals surface area contributed by atoms with Crippen LogP contribution in [0.2, 0.25) is 0 Å². The molecule has 0 aliphatic rings. The summed E-state index contributed by atoms with van der Waals surface area (Å²) in [5.74, 6) is 0.830. The standard InChI is InChI=1S/C24H20N2O2S/c1-17-9-8-14-20(15-17)25-21(27)16-29-24-26-22(18-10-4-2-5-11-18)23(28-24)19-12-6-3-7-13-19/h2-15H,16H2,1H3,(H,25,27). The van der Waals surface area contributed by atoms with E-state index in [0.717, 1.165) is 28.1 Å². The van der Waals surface area contributed by atoms with Crippen LogP contribution in [0.15, 0.2) is 94.6 Å². The summed E-state index contributed by atoms with van der Waals surface area (Å²) in [5.41, 5.74) is 4.60. The van der Waals surface area contributed by atoms with Crippen LogP contribution >= 0.6 is 11.8 Å². The highest BCUT2D eigenvalue weighted by atomic mass is 32.2. The van der Waals surface area contributed by atoms with Gasteiger partial charge in [0.05, 0.1) is 5.75 Å². The molecule has 0 spiro atoms. The number of nitrogens with one attached hydrogen (secondary N) is 1. The summed E-state index contributed by atoms with van der Waals surface area (Å²) >= 11 is 1.29. The maximum atomic E-state index is 12.3. The van der Waals surface area contributed by atoms with E-state index < -0.39 is 0 Å². The maximum absolute atomic E-state index is 12.3. The second kappa shape index (κ2) is 8.80. The minimum Gasteiger partial charge on any atom is -0.431 e. The first-order valence-corrected chi connectivity index (χ1v) is 10.3. The van der Waals surface area contributed by atoms with Crippen molar-refractivity contribution < 1.29 is 9.21 Å². The molecule has 4 aromatic rings. The number of oxazole rings is 1. The molecule has 0 saturated carbocycles. The Morgan fingerprint density at radius 1 is 0.931 bits per heavy atom. The lowest BCUT2D eigenvalue weighted by Crippen LogP contribution is -2.13. The van der Waals surface area contributed by atoms with Crippen LogP contribution in [0, 0.1) is 6.92 Å². The molecule has 0 unspecified atom stereocenters. The number of amides is 1. The number of benzene rings is 3. The van der Waals surface area contributed by atoms with Gasteiger partial charge in [0.1, 0.15) is 5.69 Å². The normalized spacial score (nSPS) is 10.7. The van der Waals surface area contributed by atoms with E-state index in [9.17, 15) is 4.79 Å². The van der Waals surface area contributed by atoms with Crippen LogP contribution in [0.4, 0.5) is 5.69 Å². The Morgan fingerprint density at radius 2 is 1.62 bits per heavy atom. The molecule has 0 aliphatic carbocycles. The molecule has 4 rings (SSSR count). The molecule has 1 heterocycles. The fourth-order valence-corrected chi connectivity index (χ4v) is 3.61. The van der Waals surface area contributed by atoms with Crippen LogP contribution in [0.3, 0.4) is 0 Å². The van der Waals surface area contributed by atoms with Gasteiger partial charge in [-0.25, -0.2) is 4.98 Å². The molecule has 0 atom stereocenters. The summed E-state index contributed by atoms with van der Waals surface area (Å²) in [4.78, 5) is 17.0. The van der Waals surface area contributed by atoms with E-state index in [1.807, 2.05) is 91.9 Å². The molecule has 1 N–H and O–H groups in total. The Balaban J connectivity index is 1.53. The highest BCUT2D eigenvalue weighted by Crippen LogP contribution is 2.35. The first-order valence-electron chi connectivity index (χ1n) is 9.30. The summed E-state index contributed by atoms with van der Waals surface area (Å²) in [6.07, 6.45) is 0. The molecule has 5 heteroatoms. The van der Waals surface area contributed by atoms with Crippen LogP contribution in [-0.4, -0.2) is 16.6 Å². The molecule has 0 fully saturated rings. The van der Waals surface area contributed by atoms with Crippen molar-refractivity contribution >= 4 is 23.4 Å². The number of hydrogen-bond donors (Lipinski definition) is 1. The zero-order valence-corrected chi connectivity index (χ0v) is 16.8. The average Bonchev–Trinajstić information content (AvgIpc) is 3.18. The van der Waals surface area contributed by atoms with Crippen LogP contribution in [0.5, 0.6) is 0 Å². The van der Waals surface area contributed by atoms with Gasteiger partial charge in [0.15, 0.2) is 5.76 Å². The summed E-state index contributed by atoms with van der Waals surface area (Å²) in [6.45, 7) is 1.99. The van der Waals surface area contributed by atoms with E-state index in [2.05, 4.69) is 10.3 Å². The zero-order chi connectivity index (χ0) is 20.1. The first kappa shape index (κ1) is 19.0. The molecular formula is C24H20N2O2S. The number of nitrogens with zero attached hydrogens (tertiary/aromatic N) is 1. The number of hydrogen-bond acceptors (Lipinski definition) is 4. The molecule has 0 bridgehead atoms. The molecular weight excluding hydrogens is 380 g/mol. The predicted octanol–water partition coefficient (Wildman–Crippen LogP) is 6.05. The SMILES string of the molecule is Cc1cccc(NC(=O)CSc2nc(-c3ccccc3)c(-c3ccccc3)o2)c1. The van der Waals surface area contributed by atoms with Gasteiger partial charge in [-0.15, -0.1) is 0 Å². The fraction of sp³-hybridized carbons (Fsp3) is 0.0833. The number of anilines is 1. The molecule has 29 heavy (non-hydrogen) atoms. The number of aryl methyl sites for hydroxylation is 1. The van der Waals surface area contributed by atoms with Gasteiger partial charge < -0.3 is 9.73 Å². The largest absolute Gasteiger partial charge is 0.431 e. The Hall–Kier alpha value is -3.31. The van der Waals surface area contributed by atoms with Crippen molar-refractivity contribution in [2.45, 2.75) is 12.1 Å². The third-order valence-corrected chi connectivity index (χ3v) is 5.15. The van der Waals surface area contributed by atoms with E-state index in [4.69, 9.17) is 4.42 Å². The van der Waals surface area contributed by atoms with Crippen LogP contribution in [-0.2, 0) is 4.79 Å². The Labute approximate surface area is 174 Å². The van der Waals surface area contributed by atoms with Crippen molar-refractivity contribution in [3.8, 4) is 22.6 Å². The number of carbonyl (C=O) groups excluding carboxylic acids is 1. The van der Waals surface area contributed by atoms with Gasteiger partial charge in [-0.05, 0) is 24.6 Å². The minimum absolute atomic E-state index is 0.0960. The summed E-state index contributed by atoms with van der Waals surface area (Å²) in [5, 5.41) is 3.38. The molecule has 144 valence electrons. The van der Waals surface area contributed by atoms with Crippen LogP contribution in [0.1, 0.15) is 5.56 Å². The van der Waals surface area contributed by atoms with Gasteiger partial charge in [-0.1, -0.05) is 84.6 Å².